The maximum atomic E-state index is 6.21. The molecule has 2 aromatic heterocycles. The van der Waals surface area contributed by atoms with Gasteiger partial charge in [0.1, 0.15) is 11.3 Å². The molecule has 0 unspecified atom stereocenters. The minimum absolute atomic E-state index is 0.147. The highest BCUT2D eigenvalue weighted by molar-refractivity contribution is 6.35. The van der Waals surface area contributed by atoms with Gasteiger partial charge in [0.25, 0.3) is 0 Å². The van der Waals surface area contributed by atoms with Gasteiger partial charge in [-0.2, -0.15) is 4.98 Å². The van der Waals surface area contributed by atoms with Crippen molar-refractivity contribution < 1.29 is 0 Å². The molecule has 0 aliphatic carbocycles. The van der Waals surface area contributed by atoms with Gasteiger partial charge >= 0.3 is 0 Å². The molecule has 0 amide bonds. The Morgan fingerprint density at radius 1 is 0.913 bits per heavy atom. The lowest BCUT2D eigenvalue weighted by Crippen LogP contribution is -2.20. The molecule has 0 spiro atoms. The SMILES string of the molecule is Cc1nc2nc(Cl)nc(Cl)c2n1CCCCCCN1CCCC1. The Labute approximate surface area is 147 Å². The van der Waals surface area contributed by atoms with E-state index in [0.29, 0.717) is 10.8 Å². The molecule has 0 saturated carbocycles. The lowest BCUT2D eigenvalue weighted by atomic mass is 10.2. The van der Waals surface area contributed by atoms with Gasteiger partial charge in [0.2, 0.25) is 5.28 Å². The first kappa shape index (κ1) is 16.9. The van der Waals surface area contributed by atoms with Crippen molar-refractivity contribution in [3.05, 3.63) is 16.3 Å². The Hall–Kier alpha value is -0.910. The molecule has 126 valence electrons. The summed E-state index contributed by atoms with van der Waals surface area (Å²) in [5.74, 6) is 0.913. The summed E-state index contributed by atoms with van der Waals surface area (Å²) in [7, 11) is 0. The molecule has 1 aliphatic heterocycles. The van der Waals surface area contributed by atoms with Crippen LogP contribution in [-0.2, 0) is 6.54 Å². The van der Waals surface area contributed by atoms with Crippen LogP contribution >= 0.6 is 23.2 Å². The Balaban J connectivity index is 1.50. The van der Waals surface area contributed by atoms with Crippen LogP contribution in [-0.4, -0.2) is 44.1 Å². The summed E-state index contributed by atoms with van der Waals surface area (Å²) in [5.41, 5.74) is 1.38. The molecule has 1 fully saturated rings. The minimum atomic E-state index is 0.147. The number of unbranched alkanes of at least 4 members (excludes halogenated alkanes) is 3. The second-order valence-corrected chi connectivity index (χ2v) is 6.93. The largest absolute Gasteiger partial charge is 0.324 e. The third kappa shape index (κ3) is 4.14. The van der Waals surface area contributed by atoms with Gasteiger partial charge in [0.15, 0.2) is 10.8 Å². The second-order valence-electron chi connectivity index (χ2n) is 6.23. The van der Waals surface area contributed by atoms with E-state index in [4.69, 9.17) is 23.2 Å². The van der Waals surface area contributed by atoms with E-state index in [-0.39, 0.29) is 5.28 Å². The molecule has 2 aromatic rings. The average molecular weight is 356 g/mol. The third-order valence-electron chi connectivity index (χ3n) is 4.53. The highest BCUT2D eigenvalue weighted by Crippen LogP contribution is 2.24. The molecule has 3 rings (SSSR count). The van der Waals surface area contributed by atoms with Crippen LogP contribution in [0.1, 0.15) is 44.3 Å². The van der Waals surface area contributed by atoms with Crippen molar-refractivity contribution >= 4 is 34.4 Å². The van der Waals surface area contributed by atoms with Crippen LogP contribution in [0.3, 0.4) is 0 Å². The Morgan fingerprint density at radius 2 is 1.61 bits per heavy atom. The summed E-state index contributed by atoms with van der Waals surface area (Å²) >= 11 is 12.1. The van der Waals surface area contributed by atoms with Crippen LogP contribution in [0.15, 0.2) is 0 Å². The van der Waals surface area contributed by atoms with E-state index < -0.39 is 0 Å². The van der Waals surface area contributed by atoms with Crippen molar-refractivity contribution in [1.82, 2.24) is 24.4 Å². The molecule has 0 bridgehead atoms. The molecule has 0 radical (unpaired) electrons. The number of aromatic nitrogens is 4. The molecule has 23 heavy (non-hydrogen) atoms. The Kier molecular flexibility index (Phi) is 5.72. The van der Waals surface area contributed by atoms with E-state index in [1.165, 1.54) is 51.7 Å². The first-order valence-corrected chi connectivity index (χ1v) is 9.19. The molecule has 0 N–H and O–H groups in total. The van der Waals surface area contributed by atoms with Gasteiger partial charge < -0.3 is 9.47 Å². The predicted octanol–water partition coefficient (Wildman–Crippen LogP) is 4.10. The Bertz CT molecular complexity index is 664. The summed E-state index contributed by atoms with van der Waals surface area (Å²) in [6.45, 7) is 6.71. The quantitative estimate of drug-likeness (QED) is 0.426. The van der Waals surface area contributed by atoms with E-state index in [9.17, 15) is 0 Å². The lowest BCUT2D eigenvalue weighted by Gasteiger charge is -2.14. The summed E-state index contributed by atoms with van der Waals surface area (Å²) in [5, 5.41) is 0.531. The monoisotopic (exact) mass is 355 g/mol. The fourth-order valence-corrected chi connectivity index (χ4v) is 3.79. The maximum Gasteiger partial charge on any atom is 0.225 e. The molecule has 0 aromatic carbocycles. The van der Waals surface area contributed by atoms with E-state index >= 15 is 0 Å². The van der Waals surface area contributed by atoms with Crippen molar-refractivity contribution in [3.63, 3.8) is 0 Å². The van der Waals surface area contributed by atoms with E-state index in [0.717, 1.165) is 24.3 Å². The van der Waals surface area contributed by atoms with E-state index in [1.807, 2.05) is 6.92 Å². The van der Waals surface area contributed by atoms with Gasteiger partial charge in [-0.1, -0.05) is 24.4 Å². The highest BCUT2D eigenvalue weighted by atomic mass is 35.5. The van der Waals surface area contributed by atoms with Gasteiger partial charge in [-0.3, -0.25) is 0 Å². The van der Waals surface area contributed by atoms with Crippen molar-refractivity contribution in [3.8, 4) is 0 Å². The van der Waals surface area contributed by atoms with Crippen molar-refractivity contribution in [1.29, 1.82) is 0 Å². The fourth-order valence-electron chi connectivity index (χ4n) is 3.32. The fraction of sp³-hybridized carbons (Fsp3) is 0.688. The number of rotatable bonds is 7. The van der Waals surface area contributed by atoms with Crippen LogP contribution in [0.5, 0.6) is 0 Å². The number of hydrogen-bond acceptors (Lipinski definition) is 4. The van der Waals surface area contributed by atoms with Gasteiger partial charge in [-0.05, 0) is 63.8 Å². The van der Waals surface area contributed by atoms with Crippen molar-refractivity contribution in [2.75, 3.05) is 19.6 Å². The summed E-state index contributed by atoms with van der Waals surface area (Å²) in [6, 6.07) is 0. The van der Waals surface area contributed by atoms with Crippen LogP contribution in [0.25, 0.3) is 11.2 Å². The summed E-state index contributed by atoms with van der Waals surface area (Å²) in [6.07, 6.45) is 7.66. The Morgan fingerprint density at radius 3 is 2.35 bits per heavy atom. The number of hydrogen-bond donors (Lipinski definition) is 0. The average Bonchev–Trinajstić information content (AvgIpc) is 3.10. The van der Waals surface area contributed by atoms with Crippen LogP contribution in [0.2, 0.25) is 10.4 Å². The topological polar surface area (TPSA) is 46.8 Å². The minimum Gasteiger partial charge on any atom is -0.324 e. The number of fused-ring (bicyclic) bond motifs is 1. The van der Waals surface area contributed by atoms with Crippen LogP contribution in [0, 0.1) is 6.92 Å². The van der Waals surface area contributed by atoms with E-state index in [2.05, 4.69) is 24.4 Å². The summed E-state index contributed by atoms with van der Waals surface area (Å²) in [4.78, 5) is 15.2. The molecular weight excluding hydrogens is 333 g/mol. The van der Waals surface area contributed by atoms with Crippen LogP contribution < -0.4 is 0 Å². The number of imidazole rings is 1. The van der Waals surface area contributed by atoms with Crippen LogP contribution in [0.4, 0.5) is 0 Å². The standard InChI is InChI=1S/C16H23Cl2N5/c1-12-19-15-13(14(17)20-16(18)21-15)23(12)11-5-3-2-4-8-22-9-6-7-10-22/h2-11H2,1H3. The number of likely N-dealkylation sites (tertiary alicyclic amines) is 1. The van der Waals surface area contributed by atoms with Crippen molar-refractivity contribution in [2.45, 2.75) is 52.0 Å². The normalized spacial score (nSPS) is 15.8. The lowest BCUT2D eigenvalue weighted by molar-refractivity contribution is 0.327. The van der Waals surface area contributed by atoms with Gasteiger partial charge in [-0.25, -0.2) is 9.97 Å². The highest BCUT2D eigenvalue weighted by Gasteiger charge is 2.14. The third-order valence-corrected chi connectivity index (χ3v) is 4.96. The second kappa shape index (κ2) is 7.77. The van der Waals surface area contributed by atoms with Crippen molar-refractivity contribution in [2.24, 2.45) is 0 Å². The molecule has 1 aliphatic rings. The molecule has 5 nitrogen and oxygen atoms in total. The smallest absolute Gasteiger partial charge is 0.225 e. The zero-order valence-electron chi connectivity index (χ0n) is 13.6. The zero-order chi connectivity index (χ0) is 16.2. The first-order chi connectivity index (χ1) is 11.1. The zero-order valence-corrected chi connectivity index (χ0v) is 15.1. The number of halogens is 2. The number of aryl methyl sites for hydroxylation is 2. The predicted molar refractivity (Wildman–Crippen MR) is 94.2 cm³/mol. The number of nitrogens with zero attached hydrogens (tertiary/aromatic N) is 5. The molecule has 3 heterocycles. The summed E-state index contributed by atoms with van der Waals surface area (Å²) < 4.78 is 2.11. The van der Waals surface area contributed by atoms with E-state index in [1.54, 1.807) is 0 Å². The van der Waals surface area contributed by atoms with Gasteiger partial charge in [0.05, 0.1) is 0 Å². The molecule has 1 saturated heterocycles. The molecule has 7 heteroatoms. The maximum absolute atomic E-state index is 6.21. The first-order valence-electron chi connectivity index (χ1n) is 8.43. The van der Waals surface area contributed by atoms with Gasteiger partial charge in [0, 0.05) is 6.54 Å². The van der Waals surface area contributed by atoms with Gasteiger partial charge in [-0.15, -0.1) is 0 Å². The molecule has 0 atom stereocenters. The molecular formula is C16H23Cl2N5.